The van der Waals surface area contributed by atoms with Crippen LogP contribution in [0.25, 0.3) is 0 Å². The van der Waals surface area contributed by atoms with Gasteiger partial charge in [0.15, 0.2) is 5.13 Å². The van der Waals surface area contributed by atoms with Gasteiger partial charge in [0.25, 0.3) is 5.91 Å². The van der Waals surface area contributed by atoms with E-state index in [-0.39, 0.29) is 11.7 Å². The number of hydrogen-bond donors (Lipinski definition) is 2. The molecule has 1 aromatic heterocycles. The van der Waals surface area contributed by atoms with Crippen LogP contribution in [0.5, 0.6) is 5.75 Å². The first-order valence-corrected chi connectivity index (χ1v) is 8.91. The van der Waals surface area contributed by atoms with Gasteiger partial charge in [-0.1, -0.05) is 11.3 Å². The minimum Gasteiger partial charge on any atom is -0.494 e. The molecule has 3 rings (SSSR count). The summed E-state index contributed by atoms with van der Waals surface area (Å²) in [6, 6.07) is 13.1. The van der Waals surface area contributed by atoms with Crippen molar-refractivity contribution < 1.29 is 13.9 Å². The van der Waals surface area contributed by atoms with Gasteiger partial charge >= 0.3 is 0 Å². The lowest BCUT2D eigenvalue weighted by Gasteiger charge is -2.06. The summed E-state index contributed by atoms with van der Waals surface area (Å²) in [4.78, 5) is 17.4. The van der Waals surface area contributed by atoms with Gasteiger partial charge in [-0.2, -0.15) is 0 Å². The first-order valence-electron chi connectivity index (χ1n) is 8.09. The summed E-state index contributed by atoms with van der Waals surface area (Å²) in [5.74, 6) is 0.225. The zero-order valence-corrected chi connectivity index (χ0v) is 15.2. The Hall–Kier alpha value is -2.93. The molecule has 2 aromatic carbocycles. The summed E-state index contributed by atoms with van der Waals surface area (Å²) in [6.07, 6.45) is 0. The smallest absolute Gasteiger partial charge is 0.267 e. The van der Waals surface area contributed by atoms with Crippen LogP contribution in [-0.4, -0.2) is 17.5 Å². The summed E-state index contributed by atoms with van der Waals surface area (Å²) < 4.78 is 18.4. The summed E-state index contributed by atoms with van der Waals surface area (Å²) in [5, 5.41) is 6.50. The maximum atomic E-state index is 13.0. The van der Waals surface area contributed by atoms with Gasteiger partial charge in [-0.25, -0.2) is 9.37 Å². The van der Waals surface area contributed by atoms with Crippen molar-refractivity contribution in [1.82, 2.24) is 4.98 Å². The molecule has 0 saturated carbocycles. The first kappa shape index (κ1) is 17.9. The number of ether oxygens (including phenoxy) is 1. The number of hydrogen-bond acceptors (Lipinski definition) is 5. The quantitative estimate of drug-likeness (QED) is 0.641. The zero-order valence-electron chi connectivity index (χ0n) is 14.4. The van der Waals surface area contributed by atoms with E-state index in [2.05, 4.69) is 15.6 Å². The lowest BCUT2D eigenvalue weighted by atomic mass is 10.3. The van der Waals surface area contributed by atoms with E-state index in [1.165, 1.54) is 23.5 Å². The first-order chi connectivity index (χ1) is 12.5. The highest BCUT2D eigenvalue weighted by Crippen LogP contribution is 2.27. The van der Waals surface area contributed by atoms with Crippen molar-refractivity contribution in [2.45, 2.75) is 13.8 Å². The van der Waals surface area contributed by atoms with Crippen LogP contribution in [-0.2, 0) is 0 Å². The van der Waals surface area contributed by atoms with E-state index in [0.29, 0.717) is 33.7 Å². The maximum absolute atomic E-state index is 13.0. The molecule has 0 bridgehead atoms. The largest absolute Gasteiger partial charge is 0.494 e. The second-order valence-corrected chi connectivity index (χ2v) is 6.48. The fourth-order valence-corrected chi connectivity index (χ4v) is 3.19. The second-order valence-electron chi connectivity index (χ2n) is 5.48. The Labute approximate surface area is 154 Å². The molecule has 0 aliphatic heterocycles. The molecule has 0 unspecified atom stereocenters. The summed E-state index contributed by atoms with van der Waals surface area (Å²) >= 11 is 1.24. The van der Waals surface area contributed by atoms with E-state index >= 15 is 0 Å². The predicted octanol–water partition coefficient (Wildman–Crippen LogP) is 4.99. The van der Waals surface area contributed by atoms with Gasteiger partial charge in [-0.15, -0.1) is 0 Å². The number of carbonyl (C=O) groups is 1. The van der Waals surface area contributed by atoms with Crippen LogP contribution in [0.4, 0.5) is 20.9 Å². The lowest BCUT2D eigenvalue weighted by molar-refractivity contribution is 0.103. The average Bonchev–Trinajstić information content (AvgIpc) is 2.99. The Morgan fingerprint density at radius 1 is 1.12 bits per heavy atom. The molecule has 7 heteroatoms. The highest BCUT2D eigenvalue weighted by molar-refractivity contribution is 7.17. The Kier molecular flexibility index (Phi) is 5.48. The molecule has 0 fully saturated rings. The number of carbonyl (C=O) groups excluding carboxylic acids is 1. The third-order valence-electron chi connectivity index (χ3n) is 3.52. The van der Waals surface area contributed by atoms with Crippen LogP contribution in [0.1, 0.15) is 22.3 Å². The molecule has 0 aliphatic carbocycles. The monoisotopic (exact) mass is 371 g/mol. The Bertz CT molecular complexity index is 892. The molecule has 0 saturated heterocycles. The van der Waals surface area contributed by atoms with Crippen molar-refractivity contribution in [2.24, 2.45) is 0 Å². The van der Waals surface area contributed by atoms with E-state index in [1.54, 1.807) is 43.3 Å². The number of aromatic nitrogens is 1. The zero-order chi connectivity index (χ0) is 18.5. The molecule has 0 atom stereocenters. The van der Waals surface area contributed by atoms with Crippen LogP contribution in [0, 0.1) is 12.7 Å². The summed E-state index contributed by atoms with van der Waals surface area (Å²) in [5.41, 5.74) is 2.01. The van der Waals surface area contributed by atoms with E-state index < -0.39 is 0 Å². The fourth-order valence-electron chi connectivity index (χ4n) is 2.31. The predicted molar refractivity (Wildman–Crippen MR) is 102 cm³/mol. The van der Waals surface area contributed by atoms with E-state index in [1.807, 2.05) is 6.92 Å². The molecular weight excluding hydrogens is 353 g/mol. The highest BCUT2D eigenvalue weighted by Gasteiger charge is 2.16. The van der Waals surface area contributed by atoms with E-state index in [0.717, 1.165) is 5.75 Å². The van der Waals surface area contributed by atoms with Gasteiger partial charge in [0.1, 0.15) is 16.4 Å². The topological polar surface area (TPSA) is 63.2 Å². The maximum Gasteiger partial charge on any atom is 0.267 e. The standard InChI is InChI=1S/C19H18FN3O2S/c1-3-25-16-10-8-14(9-11-16)22-18(24)17-12(2)21-19(26-17)23-15-6-4-13(20)5-7-15/h4-11H,3H2,1-2H3,(H,21,23)(H,22,24). The molecule has 1 amide bonds. The van der Waals surface area contributed by atoms with E-state index in [9.17, 15) is 9.18 Å². The summed E-state index contributed by atoms with van der Waals surface area (Å²) in [7, 11) is 0. The number of rotatable bonds is 6. The molecule has 0 radical (unpaired) electrons. The van der Waals surface area contributed by atoms with Crippen LogP contribution in [0.2, 0.25) is 0 Å². The number of amides is 1. The molecule has 2 N–H and O–H groups in total. The minimum absolute atomic E-state index is 0.226. The number of halogens is 1. The Morgan fingerprint density at radius 3 is 2.42 bits per heavy atom. The van der Waals surface area contributed by atoms with Crippen molar-refractivity contribution in [3.63, 3.8) is 0 Å². The number of thiazole rings is 1. The van der Waals surface area contributed by atoms with E-state index in [4.69, 9.17) is 4.74 Å². The number of nitrogens with one attached hydrogen (secondary N) is 2. The molecule has 1 heterocycles. The SMILES string of the molecule is CCOc1ccc(NC(=O)c2sc(Nc3ccc(F)cc3)nc2C)cc1. The number of benzene rings is 2. The van der Waals surface area contributed by atoms with Crippen LogP contribution >= 0.6 is 11.3 Å². The van der Waals surface area contributed by atoms with Crippen LogP contribution < -0.4 is 15.4 Å². The number of aryl methyl sites for hydroxylation is 1. The lowest BCUT2D eigenvalue weighted by Crippen LogP contribution is -2.11. The minimum atomic E-state index is -0.304. The van der Waals surface area contributed by atoms with Crippen molar-refractivity contribution in [3.8, 4) is 5.75 Å². The molecule has 26 heavy (non-hydrogen) atoms. The molecule has 0 spiro atoms. The van der Waals surface area contributed by atoms with Gasteiger partial charge in [-0.05, 0) is 62.4 Å². The van der Waals surface area contributed by atoms with Gasteiger partial charge in [0.05, 0.1) is 12.3 Å². The third-order valence-corrected chi connectivity index (χ3v) is 4.59. The normalized spacial score (nSPS) is 10.4. The average molecular weight is 371 g/mol. The van der Waals surface area contributed by atoms with Crippen LogP contribution in [0.3, 0.4) is 0 Å². The molecule has 0 aliphatic rings. The highest BCUT2D eigenvalue weighted by atomic mass is 32.1. The van der Waals surface area contributed by atoms with Crippen molar-refractivity contribution in [1.29, 1.82) is 0 Å². The van der Waals surface area contributed by atoms with Crippen molar-refractivity contribution in [2.75, 3.05) is 17.2 Å². The third kappa shape index (κ3) is 4.37. The van der Waals surface area contributed by atoms with Gasteiger partial charge in [0.2, 0.25) is 0 Å². The molecular formula is C19H18FN3O2S. The fraction of sp³-hybridized carbons (Fsp3) is 0.158. The number of nitrogens with zero attached hydrogens (tertiary/aromatic N) is 1. The van der Waals surface area contributed by atoms with Crippen LogP contribution in [0.15, 0.2) is 48.5 Å². The molecule has 134 valence electrons. The van der Waals surface area contributed by atoms with Gasteiger partial charge in [-0.3, -0.25) is 4.79 Å². The molecule has 5 nitrogen and oxygen atoms in total. The Morgan fingerprint density at radius 2 is 1.77 bits per heavy atom. The summed E-state index contributed by atoms with van der Waals surface area (Å²) in [6.45, 7) is 4.29. The Balaban J connectivity index is 1.69. The van der Waals surface area contributed by atoms with Crippen molar-refractivity contribution in [3.05, 3.63) is 64.9 Å². The van der Waals surface area contributed by atoms with Gasteiger partial charge in [0, 0.05) is 11.4 Å². The number of anilines is 3. The van der Waals surface area contributed by atoms with Crippen molar-refractivity contribution >= 4 is 33.8 Å². The van der Waals surface area contributed by atoms with Gasteiger partial charge < -0.3 is 15.4 Å². The second kappa shape index (κ2) is 7.97. The molecule has 3 aromatic rings.